The van der Waals surface area contributed by atoms with Gasteiger partial charge in [0.15, 0.2) is 0 Å². The Morgan fingerprint density at radius 1 is 0.533 bits per heavy atom. The van der Waals surface area contributed by atoms with Crippen LogP contribution in [0.4, 0.5) is 0 Å². The Balaban J connectivity index is 0.000000128. The number of nitrogens with zero attached hydrogens (tertiary/aromatic N) is 2. The molecule has 0 saturated heterocycles. The molecular weight excluding hydrogens is 380 g/mol. The average molecular weight is 402 g/mol. The van der Waals surface area contributed by atoms with Crippen LogP contribution in [0.1, 0.15) is 67.1 Å². The number of rotatable bonds is 4. The first-order chi connectivity index (χ1) is 14.5. The Hall–Kier alpha value is -3.28. The third-order valence-electron chi connectivity index (χ3n) is 6.03. The summed E-state index contributed by atoms with van der Waals surface area (Å²) in [5, 5.41) is 0. The summed E-state index contributed by atoms with van der Waals surface area (Å²) >= 11 is 0. The van der Waals surface area contributed by atoms with Gasteiger partial charge < -0.3 is 0 Å². The average Bonchev–Trinajstić information content (AvgIpc) is 3.69. The molecule has 2 heterocycles. The second-order valence-corrected chi connectivity index (χ2v) is 8.42. The molecule has 2 aromatic carbocycles. The van der Waals surface area contributed by atoms with E-state index in [0.717, 1.165) is 25.7 Å². The molecule has 2 aliphatic heterocycles. The minimum atomic E-state index is -0.123. The van der Waals surface area contributed by atoms with Crippen molar-refractivity contribution in [1.82, 2.24) is 9.80 Å². The Kier molecular flexibility index (Phi) is 4.50. The van der Waals surface area contributed by atoms with E-state index in [-0.39, 0.29) is 23.6 Å². The zero-order valence-electron chi connectivity index (χ0n) is 16.5. The maximum atomic E-state index is 11.9. The van der Waals surface area contributed by atoms with Crippen LogP contribution in [0, 0.1) is 11.8 Å². The van der Waals surface area contributed by atoms with E-state index in [0.29, 0.717) is 47.2 Å². The number of amides is 4. The fraction of sp³-hybridized carbons (Fsp3) is 0.333. The van der Waals surface area contributed by atoms with Gasteiger partial charge in [-0.25, -0.2) is 0 Å². The van der Waals surface area contributed by atoms with E-state index in [1.165, 1.54) is 9.80 Å². The monoisotopic (exact) mass is 402 g/mol. The smallest absolute Gasteiger partial charge is 0.261 e. The Bertz CT molecular complexity index is 913. The predicted molar refractivity (Wildman–Crippen MR) is 109 cm³/mol. The van der Waals surface area contributed by atoms with E-state index >= 15 is 0 Å². The molecule has 6 heteroatoms. The molecule has 0 bridgehead atoms. The summed E-state index contributed by atoms with van der Waals surface area (Å²) in [6, 6.07) is 14.1. The lowest BCUT2D eigenvalue weighted by Gasteiger charge is -2.12. The lowest BCUT2D eigenvalue weighted by atomic mass is 10.1. The summed E-state index contributed by atoms with van der Waals surface area (Å²) in [5.41, 5.74) is 2.23. The minimum absolute atomic E-state index is 0.123. The first-order valence-corrected chi connectivity index (χ1v) is 10.4. The number of hydrogen-bond acceptors (Lipinski definition) is 4. The molecule has 0 aromatic heterocycles. The minimum Gasteiger partial charge on any atom is -0.274 e. The summed E-state index contributed by atoms with van der Waals surface area (Å²) in [5.74, 6) is 0.606. The van der Waals surface area contributed by atoms with E-state index in [1.54, 1.807) is 48.5 Å². The maximum absolute atomic E-state index is 11.9. The van der Waals surface area contributed by atoms with Crippen molar-refractivity contribution in [1.29, 1.82) is 0 Å². The van der Waals surface area contributed by atoms with Gasteiger partial charge >= 0.3 is 0 Å². The summed E-state index contributed by atoms with van der Waals surface area (Å²) in [4.78, 5) is 50.3. The van der Waals surface area contributed by atoms with Gasteiger partial charge in [-0.05, 0) is 61.8 Å². The molecule has 2 aromatic rings. The van der Waals surface area contributed by atoms with Gasteiger partial charge in [-0.15, -0.1) is 0 Å². The molecular formula is C24H22N2O4. The number of hydrogen-bond donors (Lipinski definition) is 0. The van der Waals surface area contributed by atoms with Crippen molar-refractivity contribution >= 4 is 23.6 Å². The zero-order valence-corrected chi connectivity index (χ0v) is 16.5. The van der Waals surface area contributed by atoms with Crippen LogP contribution in [0.3, 0.4) is 0 Å². The highest BCUT2D eigenvalue weighted by molar-refractivity contribution is 6.22. The summed E-state index contributed by atoms with van der Waals surface area (Å²) in [7, 11) is 0. The molecule has 6 nitrogen and oxygen atoms in total. The Morgan fingerprint density at radius 2 is 0.800 bits per heavy atom. The fourth-order valence-corrected chi connectivity index (χ4v) is 3.93. The number of carbonyl (C=O) groups is 4. The first kappa shape index (κ1) is 18.7. The van der Waals surface area contributed by atoms with Crippen molar-refractivity contribution in [2.24, 2.45) is 11.8 Å². The summed E-state index contributed by atoms with van der Waals surface area (Å²) < 4.78 is 0. The predicted octanol–water partition coefficient (Wildman–Crippen LogP) is 3.39. The van der Waals surface area contributed by atoms with Crippen LogP contribution in [0.15, 0.2) is 48.5 Å². The van der Waals surface area contributed by atoms with Crippen molar-refractivity contribution < 1.29 is 19.2 Å². The van der Waals surface area contributed by atoms with Crippen molar-refractivity contribution in [3.63, 3.8) is 0 Å². The molecule has 2 saturated carbocycles. The van der Waals surface area contributed by atoms with Crippen LogP contribution in [0.2, 0.25) is 0 Å². The number of fused-ring (bicyclic) bond motifs is 2. The van der Waals surface area contributed by atoms with Crippen LogP contribution in [0.25, 0.3) is 0 Å². The van der Waals surface area contributed by atoms with E-state index < -0.39 is 0 Å². The standard InChI is InChI=1S/2C12H11NO2/c2*14-11-9-3-1-2-4-10(9)12(15)13(11)7-8-5-6-8/h2*1-4,8H,5-7H2. The van der Waals surface area contributed by atoms with Gasteiger partial charge in [0.05, 0.1) is 22.3 Å². The quantitative estimate of drug-likeness (QED) is 0.735. The van der Waals surface area contributed by atoms with Gasteiger partial charge in [0.1, 0.15) is 0 Å². The molecule has 0 N–H and O–H groups in total. The summed E-state index contributed by atoms with van der Waals surface area (Å²) in [6.45, 7) is 1.21. The van der Waals surface area contributed by atoms with E-state index in [1.807, 2.05) is 0 Å². The molecule has 4 amide bonds. The normalized spacial score (nSPS) is 19.6. The van der Waals surface area contributed by atoms with Crippen LogP contribution >= 0.6 is 0 Å². The van der Waals surface area contributed by atoms with Gasteiger partial charge in [-0.1, -0.05) is 24.3 Å². The molecule has 0 unspecified atom stereocenters. The van der Waals surface area contributed by atoms with Gasteiger partial charge in [0.2, 0.25) is 0 Å². The Labute approximate surface area is 174 Å². The molecule has 0 spiro atoms. The van der Waals surface area contributed by atoms with Crippen molar-refractivity contribution in [3.05, 3.63) is 70.8 Å². The second-order valence-electron chi connectivity index (χ2n) is 8.42. The van der Waals surface area contributed by atoms with Gasteiger partial charge in [0.25, 0.3) is 23.6 Å². The molecule has 0 radical (unpaired) electrons. The van der Waals surface area contributed by atoms with Crippen molar-refractivity contribution in [2.75, 3.05) is 13.1 Å². The van der Waals surface area contributed by atoms with Gasteiger partial charge in [-0.2, -0.15) is 0 Å². The molecule has 152 valence electrons. The van der Waals surface area contributed by atoms with Crippen molar-refractivity contribution in [2.45, 2.75) is 25.7 Å². The highest BCUT2D eigenvalue weighted by Gasteiger charge is 2.39. The third kappa shape index (κ3) is 3.32. The lowest BCUT2D eigenvalue weighted by molar-refractivity contribution is 0.0631. The summed E-state index contributed by atoms with van der Waals surface area (Å²) in [6.07, 6.45) is 4.58. The number of imide groups is 2. The van der Waals surface area contributed by atoms with Crippen LogP contribution < -0.4 is 0 Å². The molecule has 0 atom stereocenters. The highest BCUT2D eigenvalue weighted by Crippen LogP contribution is 2.33. The van der Waals surface area contributed by atoms with Crippen LogP contribution in [-0.2, 0) is 0 Å². The molecule has 2 aliphatic carbocycles. The fourth-order valence-electron chi connectivity index (χ4n) is 3.93. The highest BCUT2D eigenvalue weighted by atomic mass is 16.2. The molecule has 4 aliphatic rings. The molecule has 30 heavy (non-hydrogen) atoms. The van der Waals surface area contributed by atoms with E-state index in [4.69, 9.17) is 0 Å². The number of carbonyl (C=O) groups excluding carboxylic acids is 4. The maximum Gasteiger partial charge on any atom is 0.261 e. The molecule has 6 rings (SSSR count). The molecule has 2 fully saturated rings. The third-order valence-corrected chi connectivity index (χ3v) is 6.03. The van der Waals surface area contributed by atoms with E-state index in [2.05, 4.69) is 0 Å². The van der Waals surface area contributed by atoms with Crippen molar-refractivity contribution in [3.8, 4) is 0 Å². The van der Waals surface area contributed by atoms with Gasteiger partial charge in [0, 0.05) is 13.1 Å². The largest absolute Gasteiger partial charge is 0.274 e. The van der Waals surface area contributed by atoms with Gasteiger partial charge in [-0.3, -0.25) is 29.0 Å². The zero-order chi connectivity index (χ0) is 20.8. The topological polar surface area (TPSA) is 74.8 Å². The SMILES string of the molecule is O=C1c2ccccc2C(=O)N1CC1CC1.O=C1c2ccccc2C(=O)N1CC1CC1. The first-order valence-electron chi connectivity index (χ1n) is 10.4. The second kappa shape index (κ2) is 7.20. The Morgan fingerprint density at radius 3 is 1.03 bits per heavy atom. The van der Waals surface area contributed by atoms with E-state index in [9.17, 15) is 19.2 Å². The van der Waals surface area contributed by atoms with Crippen LogP contribution in [-0.4, -0.2) is 46.5 Å². The van der Waals surface area contributed by atoms with Crippen LogP contribution in [0.5, 0.6) is 0 Å². The number of benzene rings is 2. The lowest BCUT2D eigenvalue weighted by Crippen LogP contribution is -2.31.